The number of carbonyl (C=O) groups is 2. The van der Waals surface area contributed by atoms with Crippen molar-refractivity contribution in [2.24, 2.45) is 0 Å². The molecule has 8 heteroatoms. The zero-order valence-corrected chi connectivity index (χ0v) is 18.5. The summed E-state index contributed by atoms with van der Waals surface area (Å²) in [4.78, 5) is 25.3. The Morgan fingerprint density at radius 1 is 1.19 bits per heavy atom. The molecule has 0 unspecified atom stereocenters. The Morgan fingerprint density at radius 2 is 1.94 bits per heavy atom. The molecule has 0 bridgehead atoms. The summed E-state index contributed by atoms with van der Waals surface area (Å²) < 4.78 is 2.02. The zero-order valence-electron chi connectivity index (χ0n) is 16.9. The molecule has 3 aromatic rings. The van der Waals surface area contributed by atoms with E-state index in [1.54, 1.807) is 10.8 Å². The number of thiocarbonyl (C=S) groups is 1. The minimum atomic E-state index is -1.11. The molecule has 1 aliphatic rings. The molecule has 0 saturated carbocycles. The molecule has 0 atom stereocenters. The lowest BCUT2D eigenvalue weighted by Crippen LogP contribution is -2.33. The van der Waals surface area contributed by atoms with E-state index in [-0.39, 0.29) is 4.32 Å². The number of aliphatic carboxylic acids is 1. The van der Waals surface area contributed by atoms with E-state index in [0.29, 0.717) is 4.91 Å². The number of amides is 1. The number of hydrogen-bond acceptors (Lipinski definition) is 5. The van der Waals surface area contributed by atoms with Gasteiger partial charge in [0.1, 0.15) is 16.6 Å². The van der Waals surface area contributed by atoms with Gasteiger partial charge in [-0.25, -0.2) is 4.68 Å². The fourth-order valence-electron chi connectivity index (χ4n) is 3.32. The monoisotopic (exact) mass is 449 g/mol. The summed E-state index contributed by atoms with van der Waals surface area (Å²) in [5, 5.41) is 13.9. The maximum atomic E-state index is 12.8. The first-order valence-electron chi connectivity index (χ1n) is 9.53. The summed E-state index contributed by atoms with van der Waals surface area (Å²) in [6.07, 6.45) is 3.61. The number of benzene rings is 2. The number of aromatic nitrogens is 2. The van der Waals surface area contributed by atoms with Crippen LogP contribution in [-0.4, -0.2) is 42.5 Å². The molecule has 1 fully saturated rings. The number of carbonyl (C=O) groups excluding carboxylic acids is 1. The summed E-state index contributed by atoms with van der Waals surface area (Å²) in [6, 6.07) is 15.9. The van der Waals surface area contributed by atoms with Crippen LogP contribution >= 0.6 is 24.0 Å². The number of rotatable bonds is 5. The van der Waals surface area contributed by atoms with Crippen LogP contribution in [0.15, 0.2) is 59.6 Å². The second-order valence-electron chi connectivity index (χ2n) is 7.19. The molecule has 31 heavy (non-hydrogen) atoms. The van der Waals surface area contributed by atoms with Gasteiger partial charge in [-0.3, -0.25) is 14.5 Å². The molecule has 1 saturated heterocycles. The average molecular weight is 450 g/mol. The van der Waals surface area contributed by atoms with Crippen molar-refractivity contribution in [1.82, 2.24) is 14.7 Å². The predicted octanol–water partition coefficient (Wildman–Crippen LogP) is 4.44. The van der Waals surface area contributed by atoms with Gasteiger partial charge >= 0.3 is 5.97 Å². The first-order chi connectivity index (χ1) is 14.8. The van der Waals surface area contributed by atoms with Gasteiger partial charge in [0.05, 0.1) is 10.6 Å². The van der Waals surface area contributed by atoms with E-state index < -0.39 is 18.4 Å². The number of aryl methyl sites for hydroxylation is 2. The molecule has 156 valence electrons. The fraction of sp³-hybridized carbons (Fsp3) is 0.130. The lowest BCUT2D eigenvalue weighted by Gasteiger charge is -2.10. The van der Waals surface area contributed by atoms with E-state index in [4.69, 9.17) is 22.4 Å². The number of nitrogens with zero attached hydrogens (tertiary/aromatic N) is 3. The number of para-hydroxylation sites is 1. The number of thioether (sulfide) groups is 1. The highest BCUT2D eigenvalue weighted by molar-refractivity contribution is 8.26. The Kier molecular flexibility index (Phi) is 5.75. The molecule has 6 nitrogen and oxygen atoms in total. The lowest BCUT2D eigenvalue weighted by molar-refractivity contribution is -0.140. The molecule has 0 radical (unpaired) electrons. The Balaban J connectivity index is 1.83. The topological polar surface area (TPSA) is 75.4 Å². The minimum absolute atomic E-state index is 0.238. The SMILES string of the molecule is Cc1ccc(C)c(-c2nn(-c3ccccc3)cc2C=C2SC(=S)N(CC(=O)O)C2=O)c1. The molecule has 1 aliphatic heterocycles. The highest BCUT2D eigenvalue weighted by atomic mass is 32.2. The van der Waals surface area contributed by atoms with E-state index in [0.717, 1.165) is 50.3 Å². The Morgan fingerprint density at radius 3 is 2.65 bits per heavy atom. The second-order valence-corrected chi connectivity index (χ2v) is 8.87. The molecule has 1 aromatic heterocycles. The Hall–Kier alpha value is -3.23. The molecular formula is C23H19N3O3S2. The second kappa shape index (κ2) is 8.49. The van der Waals surface area contributed by atoms with Gasteiger partial charge in [0.2, 0.25) is 0 Å². The van der Waals surface area contributed by atoms with Crippen LogP contribution in [0.5, 0.6) is 0 Å². The highest BCUT2D eigenvalue weighted by Gasteiger charge is 2.33. The standard InChI is InChI=1S/C23H19N3O3S2/c1-14-8-9-15(2)18(10-14)21-16(12-26(24-21)17-6-4-3-5-7-17)11-19-22(29)25(13-20(27)28)23(30)31-19/h3-12H,13H2,1-2H3,(H,27,28). The van der Waals surface area contributed by atoms with Crippen molar-refractivity contribution in [3.8, 4) is 16.9 Å². The molecule has 1 N–H and O–H groups in total. The number of hydrogen-bond donors (Lipinski definition) is 1. The van der Waals surface area contributed by atoms with Crippen LogP contribution in [0.1, 0.15) is 16.7 Å². The summed E-state index contributed by atoms with van der Waals surface area (Å²) in [5.41, 5.74) is 5.54. The van der Waals surface area contributed by atoms with Crippen LogP contribution in [0.25, 0.3) is 23.0 Å². The molecule has 2 heterocycles. The normalized spacial score (nSPS) is 15.2. The van der Waals surface area contributed by atoms with Gasteiger partial charge in [0.15, 0.2) is 0 Å². The first-order valence-corrected chi connectivity index (χ1v) is 10.8. The highest BCUT2D eigenvalue weighted by Crippen LogP contribution is 2.35. The van der Waals surface area contributed by atoms with Crippen molar-refractivity contribution in [3.63, 3.8) is 0 Å². The lowest BCUT2D eigenvalue weighted by atomic mass is 10.0. The maximum Gasteiger partial charge on any atom is 0.323 e. The van der Waals surface area contributed by atoms with Crippen LogP contribution < -0.4 is 0 Å². The van der Waals surface area contributed by atoms with Gasteiger partial charge in [0.25, 0.3) is 5.91 Å². The minimum Gasteiger partial charge on any atom is -0.480 e. The van der Waals surface area contributed by atoms with Gasteiger partial charge in [-0.2, -0.15) is 5.10 Å². The molecule has 0 aliphatic carbocycles. The summed E-state index contributed by atoms with van der Waals surface area (Å²) in [7, 11) is 0. The van der Waals surface area contributed by atoms with E-state index in [1.165, 1.54) is 0 Å². The van der Waals surface area contributed by atoms with Gasteiger partial charge in [-0.15, -0.1) is 0 Å². The van der Waals surface area contributed by atoms with Crippen molar-refractivity contribution in [3.05, 3.63) is 76.3 Å². The van der Waals surface area contributed by atoms with Crippen LogP contribution in [0, 0.1) is 13.8 Å². The van der Waals surface area contributed by atoms with Gasteiger partial charge < -0.3 is 5.11 Å². The third-order valence-corrected chi connectivity index (χ3v) is 6.24. The average Bonchev–Trinajstić information content (AvgIpc) is 3.27. The maximum absolute atomic E-state index is 12.8. The van der Waals surface area contributed by atoms with Gasteiger partial charge in [-0.1, -0.05) is 59.9 Å². The predicted molar refractivity (Wildman–Crippen MR) is 126 cm³/mol. The quantitative estimate of drug-likeness (QED) is 0.458. The first kappa shape index (κ1) is 21.0. The van der Waals surface area contributed by atoms with Gasteiger partial charge in [0, 0.05) is 17.3 Å². The van der Waals surface area contributed by atoms with Crippen molar-refractivity contribution in [2.75, 3.05) is 6.54 Å². The fourth-order valence-corrected chi connectivity index (χ4v) is 4.56. The molecule has 4 rings (SSSR count). The van der Waals surface area contributed by atoms with Crippen molar-refractivity contribution in [2.45, 2.75) is 13.8 Å². The van der Waals surface area contributed by atoms with E-state index in [9.17, 15) is 9.59 Å². The van der Waals surface area contributed by atoms with Gasteiger partial charge in [-0.05, 0) is 43.7 Å². The van der Waals surface area contributed by atoms with Crippen LogP contribution in [0.2, 0.25) is 0 Å². The van der Waals surface area contributed by atoms with Crippen LogP contribution in [0.4, 0.5) is 0 Å². The summed E-state index contributed by atoms with van der Waals surface area (Å²) in [5.74, 6) is -1.51. The Labute approximate surface area is 189 Å². The summed E-state index contributed by atoms with van der Waals surface area (Å²) in [6.45, 7) is 3.59. The largest absolute Gasteiger partial charge is 0.480 e. The number of carboxylic acids is 1. The molecule has 2 aromatic carbocycles. The molecule has 0 spiro atoms. The number of carboxylic acid groups (broad SMARTS) is 1. The Bertz CT molecular complexity index is 1230. The molecular weight excluding hydrogens is 430 g/mol. The van der Waals surface area contributed by atoms with E-state index in [2.05, 4.69) is 6.07 Å². The van der Waals surface area contributed by atoms with E-state index >= 15 is 0 Å². The van der Waals surface area contributed by atoms with E-state index in [1.807, 2.05) is 62.5 Å². The van der Waals surface area contributed by atoms with Crippen LogP contribution in [-0.2, 0) is 9.59 Å². The van der Waals surface area contributed by atoms with Crippen molar-refractivity contribution in [1.29, 1.82) is 0 Å². The smallest absolute Gasteiger partial charge is 0.323 e. The van der Waals surface area contributed by atoms with Crippen molar-refractivity contribution >= 4 is 46.3 Å². The summed E-state index contributed by atoms with van der Waals surface area (Å²) >= 11 is 6.32. The van der Waals surface area contributed by atoms with Crippen LogP contribution in [0.3, 0.4) is 0 Å². The third kappa shape index (κ3) is 4.30. The zero-order chi connectivity index (χ0) is 22.1. The molecule has 1 amide bonds. The third-order valence-electron chi connectivity index (χ3n) is 4.87. The van der Waals surface area contributed by atoms with Crippen molar-refractivity contribution < 1.29 is 14.7 Å².